The third kappa shape index (κ3) is 6.67. The zero-order chi connectivity index (χ0) is 18.1. The molecule has 0 heterocycles. The molecule has 25 heavy (non-hydrogen) atoms. The molecular weight excluding hydrogens is 316 g/mol. The lowest BCUT2D eigenvalue weighted by molar-refractivity contribution is -0.126. The van der Waals surface area contributed by atoms with Crippen molar-refractivity contribution in [1.82, 2.24) is 5.32 Å². The van der Waals surface area contributed by atoms with Gasteiger partial charge in [0.05, 0.1) is 5.69 Å². The Labute approximate surface area is 148 Å². The number of nitrogens with one attached hydrogen (secondary N) is 2. The van der Waals surface area contributed by atoms with Crippen molar-refractivity contribution in [2.45, 2.75) is 26.7 Å². The first-order valence-corrected chi connectivity index (χ1v) is 8.43. The first kappa shape index (κ1) is 18.5. The molecule has 0 unspecified atom stereocenters. The fraction of sp³-hybridized carbons (Fsp3) is 0.300. The van der Waals surface area contributed by atoms with Crippen LogP contribution in [-0.4, -0.2) is 18.4 Å². The molecule has 5 heteroatoms. The number of rotatable bonds is 8. The highest BCUT2D eigenvalue weighted by molar-refractivity contribution is 6.04. The minimum atomic E-state index is -0.369. The lowest BCUT2D eigenvalue weighted by atomic mass is 10.1. The molecule has 2 N–H and O–H groups in total. The van der Waals surface area contributed by atoms with Gasteiger partial charge in [-0.1, -0.05) is 44.2 Å². The molecule has 0 fully saturated rings. The molecule has 0 saturated carbocycles. The summed E-state index contributed by atoms with van der Waals surface area (Å²) in [6, 6.07) is 16.5. The van der Waals surface area contributed by atoms with Crippen LogP contribution in [0.1, 0.15) is 26.7 Å². The molecule has 0 atom stereocenters. The van der Waals surface area contributed by atoms with Gasteiger partial charge in [-0.25, -0.2) is 0 Å². The van der Waals surface area contributed by atoms with Gasteiger partial charge in [0.1, 0.15) is 12.2 Å². The second-order valence-corrected chi connectivity index (χ2v) is 6.17. The largest absolute Gasteiger partial charge is 0.455 e. The standard InChI is InChI=1S/C20H24N2O3/c1-15(2)12-13-21-19(23)14-20(24)22-17-10-6-7-11-18(17)25-16-8-4-3-5-9-16/h3-11,15H,12-14H2,1-2H3,(H,21,23)(H,22,24). The van der Waals surface area contributed by atoms with Crippen molar-refractivity contribution in [2.75, 3.05) is 11.9 Å². The van der Waals surface area contributed by atoms with Gasteiger partial charge in [0.25, 0.3) is 0 Å². The van der Waals surface area contributed by atoms with Gasteiger partial charge in [-0.3, -0.25) is 9.59 Å². The minimum absolute atomic E-state index is 0.211. The Kier molecular flexibility index (Phi) is 7.01. The van der Waals surface area contributed by atoms with Crippen LogP contribution in [0.3, 0.4) is 0 Å². The number of ether oxygens (including phenoxy) is 1. The van der Waals surface area contributed by atoms with Crippen LogP contribution in [-0.2, 0) is 9.59 Å². The van der Waals surface area contributed by atoms with Gasteiger partial charge in [-0.2, -0.15) is 0 Å². The highest BCUT2D eigenvalue weighted by atomic mass is 16.5. The molecule has 2 aromatic rings. The SMILES string of the molecule is CC(C)CCNC(=O)CC(=O)Nc1ccccc1Oc1ccccc1. The van der Waals surface area contributed by atoms with Gasteiger partial charge >= 0.3 is 0 Å². The van der Waals surface area contributed by atoms with Crippen molar-refractivity contribution in [3.8, 4) is 11.5 Å². The van der Waals surface area contributed by atoms with Gasteiger partial charge in [-0.05, 0) is 36.6 Å². The number of anilines is 1. The van der Waals surface area contributed by atoms with Gasteiger partial charge in [-0.15, -0.1) is 0 Å². The molecule has 2 amide bonds. The van der Waals surface area contributed by atoms with E-state index in [0.29, 0.717) is 29.6 Å². The van der Waals surface area contributed by atoms with E-state index in [0.717, 1.165) is 6.42 Å². The second-order valence-electron chi connectivity index (χ2n) is 6.17. The number of hydrogen-bond acceptors (Lipinski definition) is 3. The lowest BCUT2D eigenvalue weighted by Gasteiger charge is -2.12. The van der Waals surface area contributed by atoms with E-state index in [9.17, 15) is 9.59 Å². The van der Waals surface area contributed by atoms with Crippen LogP contribution in [0.4, 0.5) is 5.69 Å². The molecule has 132 valence electrons. The van der Waals surface area contributed by atoms with E-state index in [-0.39, 0.29) is 18.2 Å². The Balaban J connectivity index is 1.91. The lowest BCUT2D eigenvalue weighted by Crippen LogP contribution is -2.29. The van der Waals surface area contributed by atoms with Crippen LogP contribution in [0.25, 0.3) is 0 Å². The summed E-state index contributed by atoms with van der Waals surface area (Å²) in [5.41, 5.74) is 0.534. The molecule has 0 aliphatic carbocycles. The Morgan fingerprint density at radius 2 is 1.64 bits per heavy atom. The van der Waals surface area contributed by atoms with Gasteiger partial charge in [0.15, 0.2) is 5.75 Å². The molecule has 5 nitrogen and oxygen atoms in total. The predicted octanol–water partition coefficient (Wildman–Crippen LogP) is 3.97. The van der Waals surface area contributed by atoms with E-state index in [4.69, 9.17) is 4.74 Å². The van der Waals surface area contributed by atoms with E-state index in [2.05, 4.69) is 24.5 Å². The highest BCUT2D eigenvalue weighted by Crippen LogP contribution is 2.29. The van der Waals surface area contributed by atoms with Crippen LogP contribution in [0.5, 0.6) is 11.5 Å². The second kappa shape index (κ2) is 9.47. The molecule has 0 spiro atoms. The summed E-state index contributed by atoms with van der Waals surface area (Å²) in [5.74, 6) is 1.07. The summed E-state index contributed by atoms with van der Waals surface area (Å²) in [5, 5.41) is 5.49. The van der Waals surface area contributed by atoms with Crippen molar-refractivity contribution in [3.05, 3.63) is 54.6 Å². The molecule has 0 aromatic heterocycles. The van der Waals surface area contributed by atoms with Crippen LogP contribution < -0.4 is 15.4 Å². The van der Waals surface area contributed by atoms with Crippen molar-refractivity contribution >= 4 is 17.5 Å². The van der Waals surface area contributed by atoms with E-state index in [1.165, 1.54) is 0 Å². The van der Waals surface area contributed by atoms with E-state index in [1.807, 2.05) is 36.4 Å². The van der Waals surface area contributed by atoms with Gasteiger partial charge in [0.2, 0.25) is 11.8 Å². The van der Waals surface area contributed by atoms with Gasteiger partial charge < -0.3 is 15.4 Å². The summed E-state index contributed by atoms with van der Waals surface area (Å²) < 4.78 is 5.79. The summed E-state index contributed by atoms with van der Waals surface area (Å²) in [7, 11) is 0. The Morgan fingerprint density at radius 1 is 0.960 bits per heavy atom. The topological polar surface area (TPSA) is 67.4 Å². The average molecular weight is 340 g/mol. The predicted molar refractivity (Wildman–Crippen MR) is 98.7 cm³/mol. The zero-order valence-electron chi connectivity index (χ0n) is 14.6. The summed E-state index contributed by atoms with van der Waals surface area (Å²) in [6.07, 6.45) is 0.679. The highest BCUT2D eigenvalue weighted by Gasteiger charge is 2.12. The third-order valence-electron chi connectivity index (χ3n) is 3.50. The maximum Gasteiger partial charge on any atom is 0.233 e. The fourth-order valence-electron chi connectivity index (χ4n) is 2.18. The maximum absolute atomic E-state index is 12.1. The van der Waals surface area contributed by atoms with Crippen molar-refractivity contribution in [1.29, 1.82) is 0 Å². The van der Waals surface area contributed by atoms with E-state index >= 15 is 0 Å². The molecular formula is C20H24N2O3. The Hall–Kier alpha value is -2.82. The molecule has 0 aliphatic heterocycles. The summed E-state index contributed by atoms with van der Waals surface area (Å²) in [6.45, 7) is 4.75. The number of benzene rings is 2. The molecule has 2 aromatic carbocycles. The van der Waals surface area contributed by atoms with Crippen LogP contribution >= 0.6 is 0 Å². The Morgan fingerprint density at radius 3 is 2.36 bits per heavy atom. The van der Waals surface area contributed by atoms with Crippen molar-refractivity contribution in [3.63, 3.8) is 0 Å². The van der Waals surface area contributed by atoms with Gasteiger partial charge in [0, 0.05) is 6.54 Å². The fourth-order valence-corrected chi connectivity index (χ4v) is 2.18. The third-order valence-corrected chi connectivity index (χ3v) is 3.50. The van der Waals surface area contributed by atoms with Crippen LogP contribution in [0, 0.1) is 5.92 Å². The quantitative estimate of drug-likeness (QED) is 0.715. The molecule has 0 radical (unpaired) electrons. The monoisotopic (exact) mass is 340 g/mol. The normalized spacial score (nSPS) is 10.4. The molecule has 2 rings (SSSR count). The van der Waals surface area contributed by atoms with Crippen molar-refractivity contribution in [2.24, 2.45) is 5.92 Å². The Bertz CT molecular complexity index is 699. The average Bonchev–Trinajstić information content (AvgIpc) is 2.57. The summed E-state index contributed by atoms with van der Waals surface area (Å²) >= 11 is 0. The molecule has 0 aliphatic rings. The van der Waals surface area contributed by atoms with E-state index < -0.39 is 0 Å². The maximum atomic E-state index is 12.1. The number of amides is 2. The van der Waals surface area contributed by atoms with Crippen LogP contribution in [0.2, 0.25) is 0 Å². The smallest absolute Gasteiger partial charge is 0.233 e. The first-order valence-electron chi connectivity index (χ1n) is 8.43. The number of carbonyl (C=O) groups excluding carboxylic acids is 2. The van der Waals surface area contributed by atoms with Crippen molar-refractivity contribution < 1.29 is 14.3 Å². The van der Waals surface area contributed by atoms with E-state index in [1.54, 1.807) is 18.2 Å². The van der Waals surface area contributed by atoms with Crippen LogP contribution in [0.15, 0.2) is 54.6 Å². The summed E-state index contributed by atoms with van der Waals surface area (Å²) in [4.78, 5) is 23.9. The molecule has 0 bridgehead atoms. The zero-order valence-corrected chi connectivity index (χ0v) is 14.6. The number of hydrogen-bond donors (Lipinski definition) is 2. The minimum Gasteiger partial charge on any atom is -0.455 e. The molecule has 0 saturated heterocycles. The number of carbonyl (C=O) groups is 2. The number of para-hydroxylation sites is 3. The first-order chi connectivity index (χ1) is 12.0.